The number of benzene rings is 2. The maximum Gasteiger partial charge on any atom is 0.315 e. The number of carbonyl (C=O) groups excluding carboxylic acids is 1. The van der Waals surface area contributed by atoms with Crippen LogP contribution in [0.5, 0.6) is 23.0 Å². The second-order valence-corrected chi connectivity index (χ2v) is 7.53. The van der Waals surface area contributed by atoms with Gasteiger partial charge >= 0.3 is 6.03 Å². The fourth-order valence-corrected chi connectivity index (χ4v) is 3.84. The van der Waals surface area contributed by atoms with E-state index in [2.05, 4.69) is 24.5 Å². The van der Waals surface area contributed by atoms with E-state index in [9.17, 15) is 4.79 Å². The second-order valence-electron chi connectivity index (χ2n) is 7.53. The van der Waals surface area contributed by atoms with Gasteiger partial charge in [0.15, 0.2) is 23.0 Å². The van der Waals surface area contributed by atoms with Crippen molar-refractivity contribution >= 4 is 6.03 Å². The highest BCUT2D eigenvalue weighted by atomic mass is 16.7. The van der Waals surface area contributed by atoms with Gasteiger partial charge in [0.1, 0.15) is 0 Å². The predicted molar refractivity (Wildman–Crippen MR) is 112 cm³/mol. The Balaban J connectivity index is 1.46. The zero-order valence-corrected chi connectivity index (χ0v) is 17.4. The Labute approximate surface area is 176 Å². The summed E-state index contributed by atoms with van der Waals surface area (Å²) in [6, 6.07) is 11.2. The number of urea groups is 1. The molecule has 7 nitrogen and oxygen atoms in total. The van der Waals surface area contributed by atoms with Gasteiger partial charge in [-0.25, -0.2) is 4.79 Å². The van der Waals surface area contributed by atoms with Crippen molar-refractivity contribution in [2.24, 2.45) is 0 Å². The third kappa shape index (κ3) is 4.40. The molecule has 2 aromatic rings. The van der Waals surface area contributed by atoms with Gasteiger partial charge in [0.2, 0.25) is 13.6 Å². The van der Waals surface area contributed by atoms with E-state index in [-0.39, 0.29) is 31.7 Å². The smallest absolute Gasteiger partial charge is 0.315 e. The highest BCUT2D eigenvalue weighted by Crippen LogP contribution is 2.36. The van der Waals surface area contributed by atoms with Crippen LogP contribution in [0, 0.1) is 0 Å². The summed E-state index contributed by atoms with van der Waals surface area (Å²) in [4.78, 5) is 12.9. The number of ether oxygens (including phenoxy) is 4. The standard InChI is InChI=1S/C23H28N2O5/c1-3-5-17(15-7-9-19-21(11-15)29-13-27-19)24-23(26)25-18(6-4-2)16-8-10-20-22(12-16)30-14-28-20/h7-12,17-18H,3-6,13-14H2,1-2H3,(H2,24,25,26)/t17-,18-/m1/s1. The van der Waals surface area contributed by atoms with Crippen LogP contribution < -0.4 is 29.6 Å². The molecule has 2 amide bonds. The van der Waals surface area contributed by atoms with Crippen molar-refractivity contribution in [1.29, 1.82) is 0 Å². The first-order valence-corrected chi connectivity index (χ1v) is 10.5. The van der Waals surface area contributed by atoms with E-state index in [1.54, 1.807) is 0 Å². The summed E-state index contributed by atoms with van der Waals surface area (Å²) in [5, 5.41) is 6.27. The number of rotatable bonds is 8. The Bertz CT molecular complexity index is 830. The number of nitrogens with one attached hydrogen (secondary N) is 2. The van der Waals surface area contributed by atoms with Crippen LogP contribution in [0.1, 0.15) is 62.7 Å². The second kappa shape index (κ2) is 9.15. The summed E-state index contributed by atoms with van der Waals surface area (Å²) >= 11 is 0. The fraction of sp³-hybridized carbons (Fsp3) is 0.435. The summed E-state index contributed by atoms with van der Waals surface area (Å²) in [6.07, 6.45) is 3.55. The number of hydrogen-bond acceptors (Lipinski definition) is 5. The van der Waals surface area contributed by atoms with Crippen LogP contribution >= 0.6 is 0 Å². The largest absolute Gasteiger partial charge is 0.454 e. The first-order valence-electron chi connectivity index (χ1n) is 10.5. The number of amides is 2. The lowest BCUT2D eigenvalue weighted by Crippen LogP contribution is -2.40. The SMILES string of the molecule is CCC[C@@H](NC(=O)N[C@H](CCC)c1ccc2c(c1)OCO2)c1ccc2c(c1)OCO2. The van der Waals surface area contributed by atoms with Crippen LogP contribution in [0.3, 0.4) is 0 Å². The van der Waals surface area contributed by atoms with Gasteiger partial charge in [-0.2, -0.15) is 0 Å². The molecule has 0 spiro atoms. The molecule has 0 saturated carbocycles. The molecule has 2 aliphatic rings. The van der Waals surface area contributed by atoms with E-state index >= 15 is 0 Å². The Morgan fingerprint density at radius 1 is 0.767 bits per heavy atom. The van der Waals surface area contributed by atoms with E-state index in [1.807, 2.05) is 36.4 Å². The summed E-state index contributed by atoms with van der Waals surface area (Å²) in [5.74, 6) is 2.92. The molecular formula is C23H28N2O5. The highest BCUT2D eigenvalue weighted by Gasteiger charge is 2.22. The molecule has 2 atom stereocenters. The quantitative estimate of drug-likeness (QED) is 0.650. The highest BCUT2D eigenvalue weighted by molar-refractivity contribution is 5.75. The average molecular weight is 412 g/mol. The van der Waals surface area contributed by atoms with Crippen molar-refractivity contribution in [3.63, 3.8) is 0 Å². The van der Waals surface area contributed by atoms with Crippen molar-refractivity contribution in [3.8, 4) is 23.0 Å². The number of fused-ring (bicyclic) bond motifs is 2. The Morgan fingerprint density at radius 2 is 1.20 bits per heavy atom. The van der Waals surface area contributed by atoms with Crippen LogP contribution in [0.4, 0.5) is 4.79 Å². The predicted octanol–water partition coefficient (Wildman–Crippen LogP) is 4.83. The van der Waals surface area contributed by atoms with Crippen molar-refractivity contribution < 1.29 is 23.7 Å². The molecule has 7 heteroatoms. The maximum absolute atomic E-state index is 12.9. The molecule has 30 heavy (non-hydrogen) atoms. The van der Waals surface area contributed by atoms with Crippen LogP contribution in [0.15, 0.2) is 36.4 Å². The molecule has 0 radical (unpaired) electrons. The lowest BCUT2D eigenvalue weighted by atomic mass is 10.0. The average Bonchev–Trinajstić information content (AvgIpc) is 3.41. The zero-order valence-electron chi connectivity index (χ0n) is 17.4. The third-order valence-electron chi connectivity index (χ3n) is 5.36. The van der Waals surface area contributed by atoms with Crippen LogP contribution in [0.25, 0.3) is 0 Å². The Kier molecular flexibility index (Phi) is 6.16. The molecule has 160 valence electrons. The molecule has 0 saturated heterocycles. The van der Waals surface area contributed by atoms with Gasteiger partial charge < -0.3 is 29.6 Å². The molecule has 0 aliphatic carbocycles. The molecule has 2 aliphatic heterocycles. The van der Waals surface area contributed by atoms with E-state index in [4.69, 9.17) is 18.9 Å². The first kappa shape index (κ1) is 20.2. The lowest BCUT2D eigenvalue weighted by Gasteiger charge is -2.23. The zero-order chi connectivity index (χ0) is 20.9. The molecule has 0 bridgehead atoms. The minimum atomic E-state index is -0.192. The first-order chi connectivity index (χ1) is 14.7. The lowest BCUT2D eigenvalue weighted by molar-refractivity contribution is 0.173. The van der Waals surface area contributed by atoms with E-state index in [1.165, 1.54) is 0 Å². The van der Waals surface area contributed by atoms with Crippen molar-refractivity contribution in [2.45, 2.75) is 51.6 Å². The summed E-state index contributed by atoms with van der Waals surface area (Å²) in [7, 11) is 0. The maximum atomic E-state index is 12.9. The molecular weight excluding hydrogens is 384 g/mol. The summed E-state index contributed by atoms with van der Waals surface area (Å²) in [6.45, 7) is 4.68. The normalized spacial score (nSPS) is 15.5. The molecule has 4 rings (SSSR count). The van der Waals surface area contributed by atoms with E-state index in [0.717, 1.165) is 59.8 Å². The fourth-order valence-electron chi connectivity index (χ4n) is 3.84. The van der Waals surface area contributed by atoms with E-state index < -0.39 is 0 Å². The minimum absolute atomic E-state index is 0.108. The van der Waals surface area contributed by atoms with Crippen LogP contribution in [-0.2, 0) is 0 Å². The number of hydrogen-bond donors (Lipinski definition) is 2. The summed E-state index contributed by atoms with van der Waals surface area (Å²) < 4.78 is 21.8. The van der Waals surface area contributed by atoms with Crippen LogP contribution in [-0.4, -0.2) is 19.6 Å². The topological polar surface area (TPSA) is 78.1 Å². The van der Waals surface area contributed by atoms with Gasteiger partial charge in [-0.05, 0) is 48.2 Å². The number of carbonyl (C=O) groups is 1. The Hall–Kier alpha value is -3.09. The van der Waals surface area contributed by atoms with Crippen molar-refractivity contribution in [3.05, 3.63) is 47.5 Å². The van der Waals surface area contributed by atoms with Gasteiger partial charge in [-0.1, -0.05) is 38.8 Å². The third-order valence-corrected chi connectivity index (χ3v) is 5.36. The van der Waals surface area contributed by atoms with Crippen molar-refractivity contribution in [2.75, 3.05) is 13.6 Å². The molecule has 2 aromatic carbocycles. The minimum Gasteiger partial charge on any atom is -0.454 e. The monoisotopic (exact) mass is 412 g/mol. The molecule has 2 N–H and O–H groups in total. The summed E-state index contributed by atoms with van der Waals surface area (Å²) in [5.41, 5.74) is 2.01. The van der Waals surface area contributed by atoms with Gasteiger partial charge in [0, 0.05) is 0 Å². The molecule has 2 heterocycles. The Morgan fingerprint density at radius 3 is 1.63 bits per heavy atom. The molecule has 0 unspecified atom stereocenters. The van der Waals surface area contributed by atoms with Crippen LogP contribution in [0.2, 0.25) is 0 Å². The van der Waals surface area contributed by atoms with E-state index in [0.29, 0.717) is 0 Å². The van der Waals surface area contributed by atoms with Gasteiger partial charge in [-0.15, -0.1) is 0 Å². The molecule has 0 fully saturated rings. The van der Waals surface area contributed by atoms with Gasteiger partial charge in [0.25, 0.3) is 0 Å². The molecule has 0 aromatic heterocycles. The van der Waals surface area contributed by atoms with Crippen molar-refractivity contribution in [1.82, 2.24) is 10.6 Å². The van der Waals surface area contributed by atoms with Gasteiger partial charge in [-0.3, -0.25) is 0 Å². The van der Waals surface area contributed by atoms with Gasteiger partial charge in [0.05, 0.1) is 12.1 Å².